The highest BCUT2D eigenvalue weighted by molar-refractivity contribution is 5.74. The second-order valence-electron chi connectivity index (χ2n) is 5.35. The third kappa shape index (κ3) is 3.39. The first-order chi connectivity index (χ1) is 10.1. The van der Waals surface area contributed by atoms with Crippen LogP contribution in [0, 0.1) is 5.82 Å². The van der Waals surface area contributed by atoms with E-state index in [1.807, 2.05) is 13.2 Å². The molecule has 2 atom stereocenters. The van der Waals surface area contributed by atoms with Crippen LogP contribution in [0.25, 0.3) is 0 Å². The minimum atomic E-state index is -0.238. The van der Waals surface area contributed by atoms with Gasteiger partial charge in [-0.05, 0) is 24.1 Å². The molecule has 2 aromatic rings. The predicted octanol–water partition coefficient (Wildman–Crippen LogP) is 1.91. The number of carbonyl (C=O) groups is 1. The van der Waals surface area contributed by atoms with Crippen molar-refractivity contribution in [3.63, 3.8) is 0 Å². The summed E-state index contributed by atoms with van der Waals surface area (Å²) in [5, 5.41) is 9.77. The molecule has 2 N–H and O–H groups in total. The van der Waals surface area contributed by atoms with Crippen LogP contribution in [-0.4, -0.2) is 21.9 Å². The molecule has 1 fully saturated rings. The van der Waals surface area contributed by atoms with Gasteiger partial charge in [0.15, 0.2) is 0 Å². The lowest BCUT2D eigenvalue weighted by atomic mass is 10.1. The van der Waals surface area contributed by atoms with Gasteiger partial charge < -0.3 is 10.6 Å². The van der Waals surface area contributed by atoms with Crippen LogP contribution in [0.5, 0.6) is 0 Å². The molecule has 1 aliphatic carbocycles. The van der Waals surface area contributed by atoms with E-state index >= 15 is 0 Å². The molecule has 0 spiro atoms. The molecule has 6 heteroatoms. The Morgan fingerprint density at radius 3 is 2.86 bits per heavy atom. The van der Waals surface area contributed by atoms with Crippen LogP contribution in [0.1, 0.15) is 23.5 Å². The lowest BCUT2D eigenvalue weighted by molar-refractivity contribution is 0.240. The number of nitrogens with one attached hydrogen (secondary N) is 2. The summed E-state index contributed by atoms with van der Waals surface area (Å²) in [6, 6.07) is 6.39. The van der Waals surface area contributed by atoms with Crippen molar-refractivity contribution in [1.29, 1.82) is 0 Å². The van der Waals surface area contributed by atoms with Gasteiger partial charge in [0.2, 0.25) is 0 Å². The average Bonchev–Trinajstić information content (AvgIpc) is 3.09. The first-order valence-electron chi connectivity index (χ1n) is 6.89. The Bertz CT molecular complexity index is 637. The van der Waals surface area contributed by atoms with E-state index in [-0.39, 0.29) is 23.8 Å². The molecule has 0 aliphatic heterocycles. The quantitative estimate of drug-likeness (QED) is 0.903. The zero-order valence-electron chi connectivity index (χ0n) is 11.7. The van der Waals surface area contributed by atoms with Gasteiger partial charge in [0, 0.05) is 37.3 Å². The average molecular weight is 288 g/mol. The molecule has 1 aromatic carbocycles. The Morgan fingerprint density at radius 2 is 2.19 bits per heavy atom. The number of aromatic nitrogens is 2. The maximum atomic E-state index is 12.9. The van der Waals surface area contributed by atoms with Crippen LogP contribution >= 0.6 is 0 Å². The molecule has 1 aromatic heterocycles. The third-order valence-corrected chi connectivity index (χ3v) is 3.62. The number of nitrogens with zero attached hydrogens (tertiary/aromatic N) is 2. The molecule has 1 saturated carbocycles. The number of urea groups is 1. The number of carbonyl (C=O) groups excluding carboxylic acids is 1. The molecule has 3 rings (SSSR count). The van der Waals surface area contributed by atoms with Gasteiger partial charge in [-0.25, -0.2) is 9.18 Å². The van der Waals surface area contributed by atoms with Crippen molar-refractivity contribution in [2.75, 3.05) is 0 Å². The summed E-state index contributed by atoms with van der Waals surface area (Å²) < 4.78 is 14.5. The van der Waals surface area contributed by atoms with Gasteiger partial charge in [-0.3, -0.25) is 4.68 Å². The van der Waals surface area contributed by atoms with Crippen LogP contribution in [0.3, 0.4) is 0 Å². The summed E-state index contributed by atoms with van der Waals surface area (Å²) in [6.45, 7) is 0.452. The number of hydrogen-bond donors (Lipinski definition) is 2. The molecule has 0 saturated heterocycles. The van der Waals surface area contributed by atoms with Gasteiger partial charge in [-0.15, -0.1) is 0 Å². The zero-order chi connectivity index (χ0) is 14.8. The zero-order valence-corrected chi connectivity index (χ0v) is 11.7. The summed E-state index contributed by atoms with van der Waals surface area (Å²) in [5.74, 6) is 0.0489. The van der Waals surface area contributed by atoms with Crippen LogP contribution in [0.4, 0.5) is 9.18 Å². The van der Waals surface area contributed by atoms with Crippen LogP contribution < -0.4 is 10.6 Å². The number of hydrogen-bond acceptors (Lipinski definition) is 2. The molecule has 5 nitrogen and oxygen atoms in total. The highest BCUT2D eigenvalue weighted by Gasteiger charge is 2.39. The van der Waals surface area contributed by atoms with Gasteiger partial charge in [0.1, 0.15) is 5.82 Å². The SMILES string of the molecule is Cn1cc(CNC(=O)N[C@@H]2C[C@H]2c2ccc(F)cc2)cn1. The van der Waals surface area contributed by atoms with Gasteiger partial charge in [-0.2, -0.15) is 5.10 Å². The first-order valence-corrected chi connectivity index (χ1v) is 6.89. The second-order valence-corrected chi connectivity index (χ2v) is 5.35. The van der Waals surface area contributed by atoms with E-state index in [2.05, 4.69) is 15.7 Å². The Kier molecular flexibility index (Phi) is 3.60. The predicted molar refractivity (Wildman–Crippen MR) is 76.1 cm³/mol. The fourth-order valence-electron chi connectivity index (χ4n) is 2.40. The number of halogens is 1. The van der Waals surface area contributed by atoms with Crippen molar-refractivity contribution in [2.24, 2.45) is 7.05 Å². The molecule has 1 aliphatic rings. The summed E-state index contributed by atoms with van der Waals surface area (Å²) >= 11 is 0. The third-order valence-electron chi connectivity index (χ3n) is 3.62. The minimum Gasteiger partial charge on any atom is -0.335 e. The maximum absolute atomic E-state index is 12.9. The van der Waals surface area contributed by atoms with Gasteiger partial charge in [-0.1, -0.05) is 12.1 Å². The smallest absolute Gasteiger partial charge is 0.315 e. The number of rotatable bonds is 4. The number of aryl methyl sites for hydroxylation is 1. The largest absolute Gasteiger partial charge is 0.335 e. The molecule has 110 valence electrons. The topological polar surface area (TPSA) is 59.0 Å². The monoisotopic (exact) mass is 288 g/mol. The Labute approximate surface area is 122 Å². The van der Waals surface area contributed by atoms with E-state index in [0.29, 0.717) is 6.54 Å². The van der Waals surface area contributed by atoms with Crippen molar-refractivity contribution in [3.05, 3.63) is 53.6 Å². The van der Waals surface area contributed by atoms with Crippen molar-refractivity contribution in [3.8, 4) is 0 Å². The maximum Gasteiger partial charge on any atom is 0.315 e. The molecule has 21 heavy (non-hydrogen) atoms. The highest BCUT2D eigenvalue weighted by Crippen LogP contribution is 2.40. The summed E-state index contributed by atoms with van der Waals surface area (Å²) in [5.41, 5.74) is 2.02. The first kappa shape index (κ1) is 13.6. The Hall–Kier alpha value is -2.37. The standard InChI is InChI=1S/C15H17FN4O/c1-20-9-10(8-18-20)7-17-15(21)19-14-6-13(14)11-2-4-12(16)5-3-11/h2-5,8-9,13-14H,6-7H2,1H3,(H2,17,19,21)/t13-,14+/m0/s1. The normalized spacial score (nSPS) is 20.1. The molecule has 0 bridgehead atoms. The van der Waals surface area contributed by atoms with Crippen molar-refractivity contribution in [1.82, 2.24) is 20.4 Å². The van der Waals surface area contributed by atoms with E-state index in [4.69, 9.17) is 0 Å². The van der Waals surface area contributed by atoms with Crippen LogP contribution in [0.2, 0.25) is 0 Å². The molecular formula is C15H17FN4O. The van der Waals surface area contributed by atoms with Crippen LogP contribution in [0.15, 0.2) is 36.7 Å². The highest BCUT2D eigenvalue weighted by atomic mass is 19.1. The lowest BCUT2D eigenvalue weighted by Crippen LogP contribution is -2.36. The molecular weight excluding hydrogens is 271 g/mol. The molecule has 0 unspecified atom stereocenters. The van der Waals surface area contributed by atoms with Gasteiger partial charge in [0.25, 0.3) is 0 Å². The van der Waals surface area contributed by atoms with E-state index in [1.165, 1.54) is 12.1 Å². The van der Waals surface area contributed by atoms with Gasteiger partial charge in [0.05, 0.1) is 6.20 Å². The van der Waals surface area contributed by atoms with Crippen molar-refractivity contribution in [2.45, 2.75) is 24.9 Å². The van der Waals surface area contributed by atoms with E-state index in [9.17, 15) is 9.18 Å². The fraction of sp³-hybridized carbons (Fsp3) is 0.333. The summed E-state index contributed by atoms with van der Waals surface area (Å²) in [7, 11) is 1.83. The number of amides is 2. The molecule has 2 amide bonds. The Morgan fingerprint density at radius 1 is 1.43 bits per heavy atom. The second kappa shape index (κ2) is 5.55. The van der Waals surface area contributed by atoms with E-state index in [1.54, 1.807) is 23.0 Å². The molecule has 0 radical (unpaired) electrons. The van der Waals surface area contributed by atoms with Crippen LogP contribution in [-0.2, 0) is 13.6 Å². The van der Waals surface area contributed by atoms with Crippen molar-refractivity contribution < 1.29 is 9.18 Å². The van der Waals surface area contributed by atoms with E-state index < -0.39 is 0 Å². The summed E-state index contributed by atoms with van der Waals surface area (Å²) in [6.07, 6.45) is 4.48. The van der Waals surface area contributed by atoms with Gasteiger partial charge >= 0.3 is 6.03 Å². The minimum absolute atomic E-state index is 0.129. The van der Waals surface area contributed by atoms with Crippen molar-refractivity contribution >= 4 is 6.03 Å². The lowest BCUT2D eigenvalue weighted by Gasteiger charge is -2.06. The number of benzene rings is 1. The van der Waals surface area contributed by atoms with E-state index in [0.717, 1.165) is 17.5 Å². The fourth-order valence-corrected chi connectivity index (χ4v) is 2.40. The Balaban J connectivity index is 1.45. The molecule has 1 heterocycles. The summed E-state index contributed by atoms with van der Waals surface area (Å²) in [4.78, 5) is 11.8.